The van der Waals surface area contributed by atoms with Gasteiger partial charge in [0.05, 0.1) is 18.6 Å². The van der Waals surface area contributed by atoms with Crippen LogP contribution < -0.4 is 10.1 Å². The third-order valence-corrected chi connectivity index (χ3v) is 3.48. The molecule has 6 heteroatoms. The van der Waals surface area contributed by atoms with Crippen LogP contribution in [0.4, 0.5) is 0 Å². The average molecular weight is 272 g/mol. The van der Waals surface area contributed by atoms with Crippen molar-refractivity contribution in [1.29, 1.82) is 0 Å². The summed E-state index contributed by atoms with van der Waals surface area (Å²) in [5.74, 6) is 1.26. The summed E-state index contributed by atoms with van der Waals surface area (Å²) >= 11 is 0. The number of fused-ring (bicyclic) bond motifs is 1. The normalized spacial score (nSPS) is 18.8. The minimum absolute atomic E-state index is 0.00958. The molecule has 2 atom stereocenters. The van der Waals surface area contributed by atoms with Crippen LogP contribution in [-0.2, 0) is 4.79 Å². The highest BCUT2D eigenvalue weighted by Gasteiger charge is 2.28. The van der Waals surface area contributed by atoms with Gasteiger partial charge in [-0.15, -0.1) is 0 Å². The molecule has 0 bridgehead atoms. The molecule has 0 spiro atoms. The second-order valence-corrected chi connectivity index (χ2v) is 4.83. The lowest BCUT2D eigenvalue weighted by molar-refractivity contribution is -0.123. The zero-order valence-corrected chi connectivity index (χ0v) is 11.2. The summed E-state index contributed by atoms with van der Waals surface area (Å²) in [6.07, 6.45) is 2.12. The lowest BCUT2D eigenvalue weighted by atomic mass is 9.92. The zero-order chi connectivity index (χ0) is 13.9. The van der Waals surface area contributed by atoms with Crippen LogP contribution in [0, 0.1) is 0 Å². The van der Waals surface area contributed by atoms with Gasteiger partial charge in [0.25, 0.3) is 0 Å². The third kappa shape index (κ3) is 2.36. The van der Waals surface area contributed by atoms with E-state index in [1.165, 1.54) is 6.33 Å². The largest absolute Gasteiger partial charge is 0.493 e. The van der Waals surface area contributed by atoms with Crippen molar-refractivity contribution in [2.45, 2.75) is 25.3 Å². The number of carbonyl (C=O) groups excluding carboxylic acids is 1. The van der Waals surface area contributed by atoms with Crippen molar-refractivity contribution in [3.63, 3.8) is 0 Å². The fraction of sp³-hybridized carbons (Fsp3) is 0.357. The molecule has 1 aliphatic heterocycles. The van der Waals surface area contributed by atoms with E-state index in [2.05, 4.69) is 20.5 Å². The van der Waals surface area contributed by atoms with E-state index in [9.17, 15) is 4.79 Å². The summed E-state index contributed by atoms with van der Waals surface area (Å²) in [6.45, 7) is 2.44. The van der Waals surface area contributed by atoms with Gasteiger partial charge < -0.3 is 10.1 Å². The highest BCUT2D eigenvalue weighted by molar-refractivity contribution is 5.85. The van der Waals surface area contributed by atoms with Crippen LogP contribution >= 0.6 is 0 Å². The number of ether oxygens (including phenoxy) is 1. The number of H-pyrrole nitrogens is 1. The first kappa shape index (κ1) is 12.7. The molecule has 0 radical (unpaired) electrons. The van der Waals surface area contributed by atoms with Crippen LogP contribution in [0.5, 0.6) is 5.75 Å². The van der Waals surface area contributed by atoms with Crippen molar-refractivity contribution in [2.75, 3.05) is 6.61 Å². The molecular formula is C14H16N4O2. The molecule has 20 heavy (non-hydrogen) atoms. The lowest BCUT2D eigenvalue weighted by Gasteiger charge is -2.26. The molecule has 1 amide bonds. The topological polar surface area (TPSA) is 79.9 Å². The Balaban J connectivity index is 1.75. The standard InChI is InChI=1S/C14H16N4O2/c1-9(13-15-8-16-18-13)17-14(19)11-6-7-20-12-5-3-2-4-10(11)12/h2-5,8-9,11H,6-7H2,1H3,(H,17,19)(H,15,16,18). The van der Waals surface area contributed by atoms with Gasteiger partial charge in [-0.2, -0.15) is 5.10 Å². The molecule has 0 fully saturated rings. The Bertz CT molecular complexity index is 597. The van der Waals surface area contributed by atoms with Gasteiger partial charge in [0.2, 0.25) is 5.91 Å². The van der Waals surface area contributed by atoms with Crippen LogP contribution in [-0.4, -0.2) is 27.7 Å². The monoisotopic (exact) mass is 272 g/mol. The molecule has 104 valence electrons. The summed E-state index contributed by atoms with van der Waals surface area (Å²) < 4.78 is 5.57. The van der Waals surface area contributed by atoms with Gasteiger partial charge in [-0.1, -0.05) is 18.2 Å². The van der Waals surface area contributed by atoms with Crippen LogP contribution in [0.2, 0.25) is 0 Å². The summed E-state index contributed by atoms with van der Waals surface area (Å²) in [4.78, 5) is 16.5. The highest BCUT2D eigenvalue weighted by Crippen LogP contribution is 2.33. The molecule has 2 unspecified atom stereocenters. The van der Waals surface area contributed by atoms with Gasteiger partial charge >= 0.3 is 0 Å². The predicted octanol–water partition coefficient (Wildman–Crippen LogP) is 1.55. The minimum atomic E-state index is -0.194. The average Bonchev–Trinajstić information content (AvgIpc) is 3.01. The highest BCUT2D eigenvalue weighted by atomic mass is 16.5. The van der Waals surface area contributed by atoms with Crippen LogP contribution in [0.15, 0.2) is 30.6 Å². The van der Waals surface area contributed by atoms with E-state index in [0.29, 0.717) is 18.9 Å². The molecule has 2 heterocycles. The van der Waals surface area contributed by atoms with E-state index in [1.54, 1.807) is 0 Å². The number of aromatic nitrogens is 3. The van der Waals surface area contributed by atoms with Crippen molar-refractivity contribution in [1.82, 2.24) is 20.5 Å². The third-order valence-electron chi connectivity index (χ3n) is 3.48. The van der Waals surface area contributed by atoms with E-state index in [-0.39, 0.29) is 17.9 Å². The number of hydrogen-bond donors (Lipinski definition) is 2. The molecule has 2 N–H and O–H groups in total. The Kier molecular flexibility index (Phi) is 3.37. The Morgan fingerprint density at radius 1 is 1.50 bits per heavy atom. The second-order valence-electron chi connectivity index (χ2n) is 4.83. The maximum absolute atomic E-state index is 12.4. The fourth-order valence-corrected chi connectivity index (χ4v) is 2.42. The quantitative estimate of drug-likeness (QED) is 0.888. The molecule has 1 aliphatic rings. The van der Waals surface area contributed by atoms with Gasteiger partial charge in [-0.3, -0.25) is 9.89 Å². The lowest BCUT2D eigenvalue weighted by Crippen LogP contribution is -2.34. The molecule has 1 aromatic heterocycles. The van der Waals surface area contributed by atoms with Crippen LogP contribution in [0.25, 0.3) is 0 Å². The number of para-hydroxylation sites is 1. The van der Waals surface area contributed by atoms with Gasteiger partial charge in [-0.25, -0.2) is 4.98 Å². The van der Waals surface area contributed by atoms with Crippen molar-refractivity contribution in [3.8, 4) is 5.75 Å². The molecule has 3 rings (SSSR count). The van der Waals surface area contributed by atoms with Crippen molar-refractivity contribution >= 4 is 5.91 Å². The van der Waals surface area contributed by atoms with Crippen molar-refractivity contribution in [2.24, 2.45) is 0 Å². The number of benzene rings is 1. The van der Waals surface area contributed by atoms with Crippen LogP contribution in [0.3, 0.4) is 0 Å². The van der Waals surface area contributed by atoms with E-state index in [1.807, 2.05) is 31.2 Å². The second kappa shape index (κ2) is 5.32. The number of rotatable bonds is 3. The molecule has 0 saturated carbocycles. The Morgan fingerprint density at radius 3 is 3.15 bits per heavy atom. The van der Waals surface area contributed by atoms with E-state index >= 15 is 0 Å². The summed E-state index contributed by atoms with van der Waals surface area (Å²) in [6, 6.07) is 7.48. The van der Waals surface area contributed by atoms with Gasteiger partial charge in [0.1, 0.15) is 17.9 Å². The Hall–Kier alpha value is -2.37. The number of nitrogens with one attached hydrogen (secondary N) is 2. The van der Waals surface area contributed by atoms with Gasteiger partial charge in [-0.05, 0) is 19.4 Å². The Labute approximate surface area is 116 Å². The maximum atomic E-state index is 12.4. The maximum Gasteiger partial charge on any atom is 0.228 e. The minimum Gasteiger partial charge on any atom is -0.493 e. The first-order valence-corrected chi connectivity index (χ1v) is 6.63. The summed E-state index contributed by atoms with van der Waals surface area (Å²) in [5.41, 5.74) is 0.945. The summed E-state index contributed by atoms with van der Waals surface area (Å²) in [7, 11) is 0. The number of nitrogens with zero attached hydrogens (tertiary/aromatic N) is 2. The summed E-state index contributed by atoms with van der Waals surface area (Å²) in [5, 5.41) is 9.52. The smallest absolute Gasteiger partial charge is 0.228 e. The fourth-order valence-electron chi connectivity index (χ4n) is 2.42. The van der Waals surface area contributed by atoms with E-state index in [0.717, 1.165) is 11.3 Å². The van der Waals surface area contributed by atoms with Crippen molar-refractivity contribution in [3.05, 3.63) is 42.0 Å². The van der Waals surface area contributed by atoms with Crippen LogP contribution in [0.1, 0.15) is 36.7 Å². The molecule has 0 saturated heterocycles. The molecular weight excluding hydrogens is 256 g/mol. The predicted molar refractivity (Wildman–Crippen MR) is 72.2 cm³/mol. The first-order valence-electron chi connectivity index (χ1n) is 6.63. The number of carbonyl (C=O) groups is 1. The van der Waals surface area contributed by atoms with E-state index < -0.39 is 0 Å². The molecule has 6 nitrogen and oxygen atoms in total. The van der Waals surface area contributed by atoms with Gasteiger partial charge in [0, 0.05) is 5.56 Å². The molecule has 1 aromatic carbocycles. The number of aromatic amines is 1. The Morgan fingerprint density at radius 2 is 2.35 bits per heavy atom. The molecule has 0 aliphatic carbocycles. The first-order chi connectivity index (χ1) is 9.75. The number of hydrogen-bond acceptors (Lipinski definition) is 4. The van der Waals surface area contributed by atoms with Gasteiger partial charge in [0.15, 0.2) is 0 Å². The van der Waals surface area contributed by atoms with E-state index in [4.69, 9.17) is 4.74 Å². The van der Waals surface area contributed by atoms with Crippen molar-refractivity contribution < 1.29 is 9.53 Å². The number of amides is 1. The molecule has 2 aromatic rings. The zero-order valence-electron chi connectivity index (χ0n) is 11.2. The SMILES string of the molecule is CC(NC(=O)C1CCOc2ccccc21)c1ncn[nH]1.